The van der Waals surface area contributed by atoms with Crippen molar-refractivity contribution in [2.45, 2.75) is 18.9 Å². The van der Waals surface area contributed by atoms with Crippen molar-refractivity contribution in [2.75, 3.05) is 37.7 Å². The number of nitrogens with two attached hydrogens (primary N) is 1. The number of benzene rings is 2. The van der Waals surface area contributed by atoms with Gasteiger partial charge in [0.15, 0.2) is 0 Å². The number of piperidine rings is 1. The summed E-state index contributed by atoms with van der Waals surface area (Å²) in [5, 5.41) is 20.3. The maximum atomic E-state index is 9.45. The summed E-state index contributed by atoms with van der Waals surface area (Å²) in [5.74, 6) is 0.954. The number of nitrogens with one attached hydrogen (secondary N) is 2. The quantitative estimate of drug-likeness (QED) is 0.308. The van der Waals surface area contributed by atoms with Gasteiger partial charge in [0.2, 0.25) is 0 Å². The van der Waals surface area contributed by atoms with Crippen molar-refractivity contribution in [2.24, 2.45) is 5.73 Å². The van der Waals surface area contributed by atoms with Crippen LogP contribution in [0, 0.1) is 5.41 Å². The molecule has 2 aromatic rings. The molecule has 0 amide bonds. The van der Waals surface area contributed by atoms with Crippen LogP contribution in [0.5, 0.6) is 5.75 Å². The lowest BCUT2D eigenvalue weighted by Gasteiger charge is -2.25. The van der Waals surface area contributed by atoms with Crippen LogP contribution in [0.15, 0.2) is 54.6 Å². The number of rotatable bonds is 9. The van der Waals surface area contributed by atoms with E-state index in [1.165, 1.54) is 0 Å². The average molecular weight is 504 g/mol. The number of amidine groups is 1. The molecule has 9 heteroatoms. The lowest BCUT2D eigenvalue weighted by molar-refractivity contribution is 0.162. The number of halogens is 3. The number of hydrogen-bond donors (Lipinski definition) is 4. The van der Waals surface area contributed by atoms with Crippen LogP contribution in [0.4, 0.5) is 5.69 Å². The summed E-state index contributed by atoms with van der Waals surface area (Å²) in [6.45, 7) is 3.32. The van der Waals surface area contributed by atoms with Gasteiger partial charge < -0.3 is 25.8 Å². The number of aliphatic hydroxyl groups is 1. The Kier molecular flexibility index (Phi) is 14.8. The van der Waals surface area contributed by atoms with E-state index < -0.39 is 0 Å². The van der Waals surface area contributed by atoms with Gasteiger partial charge in [-0.25, -0.2) is 0 Å². The SMILES string of the molecule is Cl.Cl.Cl.N=C(N)c1cccc(C=CCN(CCO)c2ccc(OC3CCNCC3)cc2)c1. The smallest absolute Gasteiger partial charge is 0.122 e. The Morgan fingerprint density at radius 1 is 1.12 bits per heavy atom. The Hall–Kier alpha value is -1.96. The van der Waals surface area contributed by atoms with Crippen LogP contribution in [0.3, 0.4) is 0 Å². The minimum atomic E-state index is 0. The zero-order chi connectivity index (χ0) is 20.5. The molecular formula is C23H33Cl3N4O2. The van der Waals surface area contributed by atoms with E-state index in [4.69, 9.17) is 15.9 Å². The number of nitrogens with zero attached hydrogens (tertiary/aromatic N) is 1. The molecule has 0 unspecified atom stereocenters. The Bertz CT molecular complexity index is 828. The van der Waals surface area contributed by atoms with Crippen molar-refractivity contribution in [1.82, 2.24) is 5.32 Å². The molecular weight excluding hydrogens is 471 g/mol. The van der Waals surface area contributed by atoms with E-state index >= 15 is 0 Å². The maximum Gasteiger partial charge on any atom is 0.122 e. The summed E-state index contributed by atoms with van der Waals surface area (Å²) < 4.78 is 6.07. The van der Waals surface area contributed by atoms with Gasteiger partial charge >= 0.3 is 0 Å². The van der Waals surface area contributed by atoms with Crippen LogP contribution in [0.25, 0.3) is 6.08 Å². The highest BCUT2D eigenvalue weighted by Crippen LogP contribution is 2.22. The van der Waals surface area contributed by atoms with Crippen molar-refractivity contribution in [1.29, 1.82) is 5.41 Å². The molecule has 3 rings (SSSR count). The van der Waals surface area contributed by atoms with Crippen LogP contribution in [-0.4, -0.2) is 49.8 Å². The molecule has 0 radical (unpaired) electrons. The first-order valence-corrected chi connectivity index (χ1v) is 10.1. The lowest BCUT2D eigenvalue weighted by Crippen LogP contribution is -2.34. The zero-order valence-corrected chi connectivity index (χ0v) is 20.4. The number of anilines is 1. The molecule has 1 saturated heterocycles. The van der Waals surface area contributed by atoms with E-state index in [0.29, 0.717) is 18.7 Å². The first-order valence-electron chi connectivity index (χ1n) is 10.1. The van der Waals surface area contributed by atoms with Gasteiger partial charge in [0.05, 0.1) is 6.61 Å². The zero-order valence-electron chi connectivity index (χ0n) is 17.9. The van der Waals surface area contributed by atoms with Gasteiger partial charge in [0.1, 0.15) is 17.7 Å². The van der Waals surface area contributed by atoms with Crippen molar-refractivity contribution >= 4 is 54.8 Å². The summed E-state index contributed by atoms with van der Waals surface area (Å²) in [6.07, 6.45) is 6.41. The molecule has 0 aromatic heterocycles. The topological polar surface area (TPSA) is 94.6 Å². The van der Waals surface area contributed by atoms with E-state index in [-0.39, 0.29) is 55.8 Å². The van der Waals surface area contributed by atoms with Gasteiger partial charge in [-0.3, -0.25) is 5.41 Å². The van der Waals surface area contributed by atoms with E-state index in [9.17, 15) is 5.11 Å². The third-order valence-corrected chi connectivity index (χ3v) is 4.99. The third kappa shape index (κ3) is 9.27. The second-order valence-electron chi connectivity index (χ2n) is 7.17. The largest absolute Gasteiger partial charge is 0.490 e. The molecule has 0 aliphatic carbocycles. The van der Waals surface area contributed by atoms with E-state index in [1.807, 2.05) is 60.7 Å². The molecule has 0 atom stereocenters. The summed E-state index contributed by atoms with van der Waals surface area (Å²) in [6, 6.07) is 15.7. The highest BCUT2D eigenvalue weighted by molar-refractivity contribution is 5.95. The van der Waals surface area contributed by atoms with E-state index in [2.05, 4.69) is 10.2 Å². The molecule has 32 heavy (non-hydrogen) atoms. The maximum absolute atomic E-state index is 9.45. The minimum absolute atomic E-state index is 0. The molecule has 1 aliphatic heterocycles. The highest BCUT2D eigenvalue weighted by atomic mass is 35.5. The van der Waals surface area contributed by atoms with Gasteiger partial charge in [-0.15, -0.1) is 37.2 Å². The molecule has 0 saturated carbocycles. The Labute approximate surface area is 209 Å². The van der Waals surface area contributed by atoms with Gasteiger partial charge in [-0.1, -0.05) is 30.4 Å². The first-order chi connectivity index (χ1) is 14.2. The van der Waals surface area contributed by atoms with E-state index in [0.717, 1.165) is 42.9 Å². The highest BCUT2D eigenvalue weighted by Gasteiger charge is 2.14. The summed E-state index contributed by atoms with van der Waals surface area (Å²) in [7, 11) is 0. The molecule has 1 heterocycles. The normalized spacial score (nSPS) is 13.4. The molecule has 6 nitrogen and oxygen atoms in total. The van der Waals surface area contributed by atoms with Crippen LogP contribution in [0.2, 0.25) is 0 Å². The molecule has 0 bridgehead atoms. The fourth-order valence-corrected chi connectivity index (χ4v) is 3.41. The molecule has 5 N–H and O–H groups in total. The van der Waals surface area contributed by atoms with Crippen LogP contribution < -0.4 is 20.7 Å². The van der Waals surface area contributed by atoms with Gasteiger partial charge in [0.25, 0.3) is 0 Å². The Morgan fingerprint density at radius 2 is 1.81 bits per heavy atom. The minimum Gasteiger partial charge on any atom is -0.490 e. The fourth-order valence-electron chi connectivity index (χ4n) is 3.41. The number of aliphatic hydroxyl groups excluding tert-OH is 1. The summed E-state index contributed by atoms with van der Waals surface area (Å²) in [5.41, 5.74) is 8.30. The van der Waals surface area contributed by atoms with E-state index in [1.54, 1.807) is 0 Å². The molecule has 1 fully saturated rings. The monoisotopic (exact) mass is 502 g/mol. The van der Waals surface area contributed by atoms with Crippen LogP contribution in [0.1, 0.15) is 24.0 Å². The van der Waals surface area contributed by atoms with Crippen molar-refractivity contribution in [3.63, 3.8) is 0 Å². The van der Waals surface area contributed by atoms with Gasteiger partial charge in [-0.2, -0.15) is 0 Å². The van der Waals surface area contributed by atoms with Crippen LogP contribution >= 0.6 is 37.2 Å². The fraction of sp³-hybridized carbons (Fsp3) is 0.348. The predicted molar refractivity (Wildman–Crippen MR) is 140 cm³/mol. The molecule has 178 valence electrons. The predicted octanol–water partition coefficient (Wildman–Crippen LogP) is 3.88. The molecule has 0 spiro atoms. The standard InChI is InChI=1S/C23H30N4O2.3ClH/c24-23(25)19-5-1-3-18(17-19)4-2-14-27(15-16-28)20-6-8-21(9-7-20)29-22-10-12-26-13-11-22;;;/h1-9,17,22,26,28H,10-16H2,(H3,24,25);3*1H. The lowest BCUT2D eigenvalue weighted by atomic mass is 10.1. The second kappa shape index (κ2) is 15.8. The number of ether oxygens (including phenoxy) is 1. The van der Waals surface area contributed by atoms with Gasteiger partial charge in [-0.05, 0) is 61.8 Å². The Morgan fingerprint density at radius 3 is 2.44 bits per heavy atom. The summed E-state index contributed by atoms with van der Waals surface area (Å²) in [4.78, 5) is 2.11. The van der Waals surface area contributed by atoms with Crippen molar-refractivity contribution in [3.05, 3.63) is 65.7 Å². The molecule has 1 aliphatic rings. The average Bonchev–Trinajstić information content (AvgIpc) is 2.75. The van der Waals surface area contributed by atoms with Crippen molar-refractivity contribution in [3.8, 4) is 5.75 Å². The second-order valence-corrected chi connectivity index (χ2v) is 7.17. The van der Waals surface area contributed by atoms with Gasteiger partial charge in [0, 0.05) is 24.3 Å². The number of nitrogen functional groups attached to an aromatic ring is 1. The van der Waals surface area contributed by atoms with Crippen LogP contribution in [-0.2, 0) is 0 Å². The number of hydrogen-bond acceptors (Lipinski definition) is 5. The first kappa shape index (κ1) is 30.0. The Balaban J connectivity index is 0.00000320. The third-order valence-electron chi connectivity index (χ3n) is 4.99. The summed E-state index contributed by atoms with van der Waals surface area (Å²) >= 11 is 0. The molecule has 2 aromatic carbocycles. The van der Waals surface area contributed by atoms with Crippen molar-refractivity contribution < 1.29 is 9.84 Å².